The van der Waals surface area contributed by atoms with Gasteiger partial charge in [0.25, 0.3) is 0 Å². The van der Waals surface area contributed by atoms with Crippen molar-refractivity contribution in [2.45, 2.75) is 12.8 Å². The highest BCUT2D eigenvalue weighted by Gasteiger charge is 2.16. The summed E-state index contributed by atoms with van der Waals surface area (Å²) in [7, 11) is 1.66. The monoisotopic (exact) mass is 110 g/mol. The summed E-state index contributed by atoms with van der Waals surface area (Å²) < 4.78 is 0. The maximum absolute atomic E-state index is 10.6. The van der Waals surface area contributed by atoms with Crippen LogP contribution in [0.1, 0.15) is 12.8 Å². The maximum Gasteiger partial charge on any atom is 0.153 e. The zero-order valence-electron chi connectivity index (χ0n) is 4.77. The Morgan fingerprint density at radius 3 is 2.25 bits per heavy atom. The molecule has 0 aromatic rings. The summed E-state index contributed by atoms with van der Waals surface area (Å²) in [6.07, 6.45) is 1.04. The van der Waals surface area contributed by atoms with Gasteiger partial charge < -0.3 is 5.11 Å². The van der Waals surface area contributed by atoms with Gasteiger partial charge in [-0.2, -0.15) is 0 Å². The first kappa shape index (κ1) is 5.41. The molecule has 0 bridgehead atoms. The lowest BCUT2D eigenvalue weighted by atomic mass is 9.94. The smallest absolute Gasteiger partial charge is 0.153 e. The van der Waals surface area contributed by atoms with Crippen LogP contribution in [0.3, 0.4) is 0 Å². The molecule has 42 valence electrons. The van der Waals surface area contributed by atoms with Crippen molar-refractivity contribution in [3.63, 3.8) is 0 Å². The van der Waals surface area contributed by atoms with Gasteiger partial charge in [0.05, 0.1) is 5.76 Å². The van der Waals surface area contributed by atoms with Crippen molar-refractivity contribution in [1.82, 2.24) is 0 Å². The van der Waals surface area contributed by atoms with E-state index in [4.69, 9.17) is 5.11 Å². The second-order valence-electron chi connectivity index (χ2n) is 1.99. The van der Waals surface area contributed by atoms with Crippen molar-refractivity contribution in [3.8, 4) is 0 Å². The molecule has 0 spiro atoms. The maximum atomic E-state index is 10.6. The molecule has 1 N–H and O–H groups in total. The van der Waals surface area contributed by atoms with E-state index in [2.05, 4.69) is 0 Å². The number of rotatable bonds is 0. The molecular formula is C5H7BO2. The highest BCUT2D eigenvalue weighted by Crippen LogP contribution is 2.16. The number of carbonyl (C=O) groups is 1. The zero-order chi connectivity index (χ0) is 6.15. The van der Waals surface area contributed by atoms with Crippen LogP contribution in [0.2, 0.25) is 0 Å². The molecule has 0 aromatic carbocycles. The first-order valence-electron chi connectivity index (χ1n) is 2.63. The van der Waals surface area contributed by atoms with E-state index in [1.54, 1.807) is 7.85 Å². The zero-order valence-corrected chi connectivity index (χ0v) is 4.77. The molecule has 0 unspecified atom stereocenters. The fourth-order valence-electron chi connectivity index (χ4n) is 0.768. The van der Waals surface area contributed by atoms with Crippen molar-refractivity contribution >= 4 is 13.6 Å². The van der Waals surface area contributed by atoms with E-state index in [-0.39, 0.29) is 11.5 Å². The van der Waals surface area contributed by atoms with Crippen molar-refractivity contribution in [2.75, 3.05) is 0 Å². The molecule has 0 aliphatic heterocycles. The van der Waals surface area contributed by atoms with Crippen LogP contribution in [0.15, 0.2) is 11.2 Å². The summed E-state index contributed by atoms with van der Waals surface area (Å²) in [5.74, 6) is 0.359. The fraction of sp³-hybridized carbons (Fsp3) is 0.400. The molecule has 1 rings (SSSR count). The van der Waals surface area contributed by atoms with E-state index in [0.717, 1.165) is 0 Å². The minimum Gasteiger partial charge on any atom is -0.513 e. The van der Waals surface area contributed by atoms with Crippen molar-refractivity contribution in [1.29, 1.82) is 0 Å². The third kappa shape index (κ3) is 0.640. The van der Waals surface area contributed by atoms with Gasteiger partial charge in [-0.3, -0.25) is 4.79 Å². The summed E-state index contributed by atoms with van der Waals surface area (Å²) in [6, 6.07) is 0. The largest absolute Gasteiger partial charge is 0.513 e. The Balaban J connectivity index is 2.86. The molecule has 0 aromatic heterocycles. The molecule has 3 heteroatoms. The Morgan fingerprint density at radius 1 is 1.50 bits per heavy atom. The SMILES string of the molecule is BC1=C(O)CCC1=O. The number of aliphatic hydroxyl groups excluding tert-OH is 1. The summed E-state index contributed by atoms with van der Waals surface area (Å²) >= 11 is 0. The minimum atomic E-state index is 0.0856. The topological polar surface area (TPSA) is 37.3 Å². The molecule has 0 amide bonds. The third-order valence-corrected chi connectivity index (χ3v) is 1.44. The summed E-state index contributed by atoms with van der Waals surface area (Å²) in [5, 5.41) is 8.83. The van der Waals surface area contributed by atoms with Gasteiger partial charge in [0.2, 0.25) is 0 Å². The summed E-state index contributed by atoms with van der Waals surface area (Å²) in [5.41, 5.74) is 0.546. The number of carbonyl (C=O) groups excluding carboxylic acids is 1. The Morgan fingerprint density at radius 2 is 2.12 bits per heavy atom. The quantitative estimate of drug-likeness (QED) is 0.436. The van der Waals surface area contributed by atoms with Gasteiger partial charge in [-0.15, -0.1) is 0 Å². The Kier molecular flexibility index (Phi) is 1.12. The van der Waals surface area contributed by atoms with E-state index in [1.807, 2.05) is 0 Å². The number of Topliss-reactive ketones (excluding diaryl/α,β-unsaturated/α-hetero) is 1. The van der Waals surface area contributed by atoms with E-state index in [1.165, 1.54) is 0 Å². The van der Waals surface area contributed by atoms with Gasteiger partial charge in [0, 0.05) is 12.8 Å². The highest BCUT2D eigenvalue weighted by molar-refractivity contribution is 6.37. The molecule has 0 radical (unpaired) electrons. The molecule has 1 aliphatic carbocycles. The van der Waals surface area contributed by atoms with E-state index >= 15 is 0 Å². The van der Waals surface area contributed by atoms with E-state index < -0.39 is 0 Å². The van der Waals surface area contributed by atoms with Gasteiger partial charge in [0.15, 0.2) is 5.78 Å². The van der Waals surface area contributed by atoms with Gasteiger partial charge in [-0.1, -0.05) is 0 Å². The summed E-state index contributed by atoms with van der Waals surface area (Å²) in [4.78, 5) is 10.6. The van der Waals surface area contributed by atoms with Crippen molar-refractivity contribution in [3.05, 3.63) is 11.2 Å². The van der Waals surface area contributed by atoms with Gasteiger partial charge in [0.1, 0.15) is 7.85 Å². The molecular weight excluding hydrogens is 103 g/mol. The van der Waals surface area contributed by atoms with Crippen LogP contribution in [-0.4, -0.2) is 18.7 Å². The normalized spacial score (nSPS) is 20.2. The van der Waals surface area contributed by atoms with Crippen LogP contribution in [0.25, 0.3) is 0 Å². The van der Waals surface area contributed by atoms with Crippen LogP contribution in [-0.2, 0) is 4.79 Å². The van der Waals surface area contributed by atoms with Crippen LogP contribution < -0.4 is 0 Å². The van der Waals surface area contributed by atoms with Crippen LogP contribution >= 0.6 is 0 Å². The van der Waals surface area contributed by atoms with Gasteiger partial charge in [-0.25, -0.2) is 0 Å². The molecule has 0 fully saturated rings. The van der Waals surface area contributed by atoms with Gasteiger partial charge >= 0.3 is 0 Å². The average molecular weight is 110 g/mol. The summed E-state index contributed by atoms with van der Waals surface area (Å²) in [6.45, 7) is 0. The molecule has 0 heterocycles. The molecule has 2 nitrogen and oxygen atoms in total. The molecule has 1 aliphatic rings. The third-order valence-electron chi connectivity index (χ3n) is 1.44. The number of allylic oxidation sites excluding steroid dienone is 2. The predicted molar refractivity (Wildman–Crippen MR) is 32.4 cm³/mol. The molecule has 8 heavy (non-hydrogen) atoms. The predicted octanol–water partition coefficient (Wildman–Crippen LogP) is -0.248. The van der Waals surface area contributed by atoms with Crippen LogP contribution in [0.4, 0.5) is 0 Å². The fourth-order valence-corrected chi connectivity index (χ4v) is 0.768. The number of aliphatic hydroxyl groups is 1. The van der Waals surface area contributed by atoms with Crippen LogP contribution in [0.5, 0.6) is 0 Å². The van der Waals surface area contributed by atoms with Crippen LogP contribution in [0, 0.1) is 0 Å². The first-order chi connectivity index (χ1) is 3.72. The molecule has 0 saturated carbocycles. The minimum absolute atomic E-state index is 0.0856. The number of hydrogen-bond acceptors (Lipinski definition) is 2. The lowest BCUT2D eigenvalue weighted by molar-refractivity contribution is -0.114. The highest BCUT2D eigenvalue weighted by atomic mass is 16.3. The van der Waals surface area contributed by atoms with Crippen molar-refractivity contribution < 1.29 is 9.90 Å². The average Bonchev–Trinajstić information content (AvgIpc) is 1.98. The van der Waals surface area contributed by atoms with E-state index in [0.29, 0.717) is 18.3 Å². The Labute approximate surface area is 48.6 Å². The Bertz CT molecular complexity index is 160. The Hall–Kier alpha value is -0.725. The first-order valence-corrected chi connectivity index (χ1v) is 2.63. The molecule has 0 saturated heterocycles. The lowest BCUT2D eigenvalue weighted by Gasteiger charge is -1.85. The second-order valence-corrected chi connectivity index (χ2v) is 1.99. The lowest BCUT2D eigenvalue weighted by Crippen LogP contribution is -1.94. The second kappa shape index (κ2) is 1.65. The molecule has 0 atom stereocenters. The van der Waals surface area contributed by atoms with Gasteiger partial charge in [-0.05, 0) is 5.47 Å². The number of ketones is 1. The standard InChI is InChI=1S/C5H7BO2/c6-5-3(7)1-2-4(5)8/h7H,1-2,6H2. The van der Waals surface area contributed by atoms with Crippen molar-refractivity contribution in [2.24, 2.45) is 0 Å². The number of hydrogen-bond donors (Lipinski definition) is 1. The van der Waals surface area contributed by atoms with E-state index in [9.17, 15) is 4.79 Å².